The first kappa shape index (κ1) is 18.5. The summed E-state index contributed by atoms with van der Waals surface area (Å²) in [4.78, 5) is 42.4. The van der Waals surface area contributed by atoms with Gasteiger partial charge in [0.25, 0.3) is 0 Å². The molecule has 3 aromatic rings. The van der Waals surface area contributed by atoms with Crippen LogP contribution in [-0.2, 0) is 19.8 Å². The fourth-order valence-corrected chi connectivity index (χ4v) is 6.34. The quantitative estimate of drug-likeness (QED) is 0.566. The van der Waals surface area contributed by atoms with Crippen LogP contribution in [0.25, 0.3) is 0 Å². The van der Waals surface area contributed by atoms with Gasteiger partial charge in [0.05, 0.1) is 22.9 Å². The van der Waals surface area contributed by atoms with Crippen molar-refractivity contribution < 1.29 is 14.4 Å². The highest BCUT2D eigenvalue weighted by Gasteiger charge is 2.69. The largest absolute Gasteiger partial charge is 0.299 e. The van der Waals surface area contributed by atoms with E-state index in [-0.39, 0.29) is 23.5 Å². The van der Waals surface area contributed by atoms with E-state index in [1.54, 1.807) is 31.2 Å². The minimum atomic E-state index is -1.17. The maximum atomic E-state index is 13.9. The Morgan fingerprint density at radius 2 is 1.39 bits per heavy atom. The van der Waals surface area contributed by atoms with Crippen LogP contribution in [0, 0.1) is 11.8 Å². The molecule has 0 N–H and O–H groups in total. The van der Waals surface area contributed by atoms with Crippen LogP contribution in [0.3, 0.4) is 0 Å². The van der Waals surface area contributed by atoms with Gasteiger partial charge >= 0.3 is 0 Å². The Bertz CT molecular complexity index is 1250. The minimum Gasteiger partial charge on any atom is -0.299 e. The fourth-order valence-electron chi connectivity index (χ4n) is 6.21. The van der Waals surface area contributed by atoms with Crippen LogP contribution < -0.4 is 4.90 Å². The van der Waals surface area contributed by atoms with Crippen LogP contribution in [0.15, 0.2) is 72.8 Å². The minimum absolute atomic E-state index is 0.111. The molecule has 4 nitrogen and oxygen atoms in total. The highest BCUT2D eigenvalue weighted by Crippen LogP contribution is 2.64. The van der Waals surface area contributed by atoms with Gasteiger partial charge in [0.15, 0.2) is 0 Å². The van der Waals surface area contributed by atoms with Crippen LogP contribution in [0.1, 0.15) is 35.1 Å². The summed E-state index contributed by atoms with van der Waals surface area (Å²) >= 11 is 6.02. The van der Waals surface area contributed by atoms with Crippen molar-refractivity contribution in [2.24, 2.45) is 11.8 Å². The van der Waals surface area contributed by atoms with Crippen LogP contribution in [0.5, 0.6) is 0 Å². The number of rotatable bonds is 2. The third kappa shape index (κ3) is 2.08. The van der Waals surface area contributed by atoms with E-state index >= 15 is 0 Å². The summed E-state index contributed by atoms with van der Waals surface area (Å²) in [6.45, 7) is 1.54. The second-order valence-electron chi connectivity index (χ2n) is 8.51. The molecular formula is C26H18ClNO3. The number of carbonyl (C=O) groups is 3. The summed E-state index contributed by atoms with van der Waals surface area (Å²) in [5, 5.41) is 0.528. The third-order valence-corrected chi connectivity index (χ3v) is 7.51. The molecule has 4 aliphatic rings. The number of carbonyl (C=O) groups excluding carboxylic acids is 3. The van der Waals surface area contributed by atoms with Gasteiger partial charge in [-0.1, -0.05) is 60.1 Å². The molecule has 3 aliphatic carbocycles. The second-order valence-corrected chi connectivity index (χ2v) is 8.94. The van der Waals surface area contributed by atoms with Crippen molar-refractivity contribution >= 4 is 34.9 Å². The number of ketones is 1. The lowest BCUT2D eigenvalue weighted by molar-refractivity contribution is -0.132. The van der Waals surface area contributed by atoms with Crippen LogP contribution >= 0.6 is 11.6 Å². The molecule has 0 saturated carbocycles. The van der Waals surface area contributed by atoms with E-state index in [0.29, 0.717) is 10.7 Å². The van der Waals surface area contributed by atoms with Crippen molar-refractivity contribution in [1.29, 1.82) is 0 Å². The summed E-state index contributed by atoms with van der Waals surface area (Å²) in [5.41, 5.74) is 2.96. The molecule has 0 spiro atoms. The molecule has 7 rings (SSSR count). The summed E-state index contributed by atoms with van der Waals surface area (Å²) < 4.78 is 0. The van der Waals surface area contributed by atoms with Crippen molar-refractivity contribution in [2.45, 2.75) is 18.3 Å². The van der Waals surface area contributed by atoms with Gasteiger partial charge in [0.2, 0.25) is 11.8 Å². The molecular weight excluding hydrogens is 410 g/mol. The average molecular weight is 428 g/mol. The molecule has 5 heteroatoms. The number of nitrogens with zero attached hydrogens (tertiary/aromatic N) is 1. The van der Waals surface area contributed by atoms with E-state index in [0.717, 1.165) is 22.3 Å². The second kappa shape index (κ2) is 6.14. The number of amides is 2. The normalized spacial score (nSPS) is 27.7. The lowest BCUT2D eigenvalue weighted by Gasteiger charge is -2.52. The summed E-state index contributed by atoms with van der Waals surface area (Å²) in [7, 11) is 0. The summed E-state index contributed by atoms with van der Waals surface area (Å²) in [6.07, 6.45) is 0. The SMILES string of the molecule is CC(=O)C12c3ccccc3C(c3ccccc31)[C@H]1C(=O)N(c3ccc(Cl)cc3)C(=O)[C@H]12. The van der Waals surface area contributed by atoms with E-state index in [1.807, 2.05) is 48.5 Å². The Labute approximate surface area is 184 Å². The molecule has 2 amide bonds. The van der Waals surface area contributed by atoms with Crippen molar-refractivity contribution in [3.63, 3.8) is 0 Å². The summed E-state index contributed by atoms with van der Waals surface area (Å²) in [6, 6.07) is 22.2. The van der Waals surface area contributed by atoms with Crippen molar-refractivity contribution in [3.8, 4) is 0 Å². The molecule has 2 atom stereocenters. The zero-order chi connectivity index (χ0) is 21.5. The number of Topliss-reactive ketones (excluding diaryl/α,β-unsaturated/α-hetero) is 1. The lowest BCUT2D eigenvalue weighted by atomic mass is 9.46. The number of halogens is 1. The van der Waals surface area contributed by atoms with E-state index in [2.05, 4.69) is 0 Å². The van der Waals surface area contributed by atoms with E-state index in [9.17, 15) is 14.4 Å². The smallest absolute Gasteiger partial charge is 0.239 e. The molecule has 0 unspecified atom stereocenters. The third-order valence-electron chi connectivity index (χ3n) is 7.26. The predicted molar refractivity (Wildman–Crippen MR) is 117 cm³/mol. The fraction of sp³-hybridized carbons (Fsp3) is 0.192. The molecule has 31 heavy (non-hydrogen) atoms. The Morgan fingerprint density at radius 3 is 1.94 bits per heavy atom. The van der Waals surface area contributed by atoms with Gasteiger partial charge in [-0.05, 0) is 53.4 Å². The number of hydrogen-bond acceptors (Lipinski definition) is 3. The predicted octanol–water partition coefficient (Wildman–Crippen LogP) is 4.48. The molecule has 1 heterocycles. The zero-order valence-electron chi connectivity index (χ0n) is 16.7. The van der Waals surface area contributed by atoms with Crippen molar-refractivity contribution in [2.75, 3.05) is 4.90 Å². The Balaban J connectivity index is 1.67. The van der Waals surface area contributed by atoms with Gasteiger partial charge in [0, 0.05) is 10.9 Å². The maximum absolute atomic E-state index is 13.9. The molecule has 3 aromatic carbocycles. The Hall–Kier alpha value is -3.24. The van der Waals surface area contributed by atoms with Crippen molar-refractivity contribution in [3.05, 3.63) is 100 Å². The topological polar surface area (TPSA) is 54.5 Å². The lowest BCUT2D eigenvalue weighted by Crippen LogP contribution is -2.57. The van der Waals surface area contributed by atoms with Gasteiger partial charge < -0.3 is 0 Å². The van der Waals surface area contributed by atoms with Crippen LogP contribution in [0.2, 0.25) is 5.02 Å². The van der Waals surface area contributed by atoms with E-state index in [1.165, 1.54) is 4.90 Å². The molecule has 0 radical (unpaired) electrons. The summed E-state index contributed by atoms with van der Waals surface area (Å²) in [5.74, 6) is -2.31. The Kier molecular flexibility index (Phi) is 3.67. The van der Waals surface area contributed by atoms with Crippen LogP contribution in [0.4, 0.5) is 5.69 Å². The van der Waals surface area contributed by atoms with Gasteiger partial charge in [-0.2, -0.15) is 0 Å². The first-order chi connectivity index (χ1) is 15.0. The number of imide groups is 1. The molecule has 1 fully saturated rings. The highest BCUT2D eigenvalue weighted by molar-refractivity contribution is 6.31. The average Bonchev–Trinajstić information content (AvgIpc) is 3.05. The standard InChI is InChI=1S/C26H18ClNO3/c1-14(29)26-19-8-4-2-6-17(19)21(18-7-3-5-9-20(18)26)22-23(26)25(31)28(24(22)30)16-12-10-15(27)11-13-16/h2-13,21-23H,1H3/t21?,22-,23+,26?/m1/s1. The number of hydrogen-bond donors (Lipinski definition) is 0. The van der Waals surface area contributed by atoms with Gasteiger partial charge in [-0.15, -0.1) is 0 Å². The first-order valence-corrected chi connectivity index (χ1v) is 10.7. The monoisotopic (exact) mass is 427 g/mol. The van der Waals surface area contributed by atoms with Crippen molar-refractivity contribution in [1.82, 2.24) is 0 Å². The van der Waals surface area contributed by atoms with Gasteiger partial charge in [-0.3, -0.25) is 14.4 Å². The highest BCUT2D eigenvalue weighted by atomic mass is 35.5. The van der Waals surface area contributed by atoms with E-state index < -0.39 is 17.3 Å². The van der Waals surface area contributed by atoms with Gasteiger partial charge in [0.1, 0.15) is 5.78 Å². The Morgan fingerprint density at radius 1 is 0.839 bits per heavy atom. The molecule has 1 saturated heterocycles. The zero-order valence-corrected chi connectivity index (χ0v) is 17.5. The molecule has 0 aromatic heterocycles. The molecule has 152 valence electrons. The first-order valence-electron chi connectivity index (χ1n) is 10.3. The number of benzene rings is 3. The molecule has 2 bridgehead atoms. The number of anilines is 1. The maximum Gasteiger partial charge on any atom is 0.239 e. The molecule has 1 aliphatic heterocycles. The van der Waals surface area contributed by atoms with E-state index in [4.69, 9.17) is 11.6 Å². The van der Waals surface area contributed by atoms with Crippen LogP contribution in [-0.4, -0.2) is 17.6 Å². The van der Waals surface area contributed by atoms with Gasteiger partial charge in [-0.25, -0.2) is 4.90 Å².